The molecule has 3 aromatic rings. The Bertz CT molecular complexity index is 1140. The number of piperazine rings is 1. The van der Waals surface area contributed by atoms with Crippen molar-refractivity contribution in [1.82, 2.24) is 24.8 Å². The second-order valence-electron chi connectivity index (χ2n) is 7.69. The lowest BCUT2D eigenvalue weighted by Gasteiger charge is -2.27. The summed E-state index contributed by atoms with van der Waals surface area (Å²) in [6, 6.07) is 7.48. The summed E-state index contributed by atoms with van der Waals surface area (Å²) in [4.78, 5) is 10.6. The molecule has 0 bridgehead atoms. The van der Waals surface area contributed by atoms with Gasteiger partial charge in [-0.15, -0.1) is 0 Å². The van der Waals surface area contributed by atoms with Crippen LogP contribution in [0.25, 0.3) is 22.3 Å². The summed E-state index contributed by atoms with van der Waals surface area (Å²) in [5.41, 5.74) is 0.772. The molecular weight excluding hydrogens is 421 g/mol. The summed E-state index contributed by atoms with van der Waals surface area (Å²) in [6.45, 7) is 4.69. The molecule has 0 spiro atoms. The van der Waals surface area contributed by atoms with E-state index in [0.717, 1.165) is 38.8 Å². The van der Waals surface area contributed by atoms with Crippen LogP contribution in [0.1, 0.15) is 17.7 Å². The number of benzene rings is 1. The Labute approximate surface area is 183 Å². The molecular formula is C22H23F3N6O. The number of ether oxygens (including phenoxy) is 1. The third-order valence-electron chi connectivity index (χ3n) is 5.49. The molecule has 4 rings (SSSR count). The number of aromatic nitrogens is 3. The van der Waals surface area contributed by atoms with Gasteiger partial charge in [0, 0.05) is 45.3 Å². The molecule has 32 heavy (non-hydrogen) atoms. The van der Waals surface area contributed by atoms with Crippen molar-refractivity contribution in [3.8, 4) is 23.1 Å². The Morgan fingerprint density at radius 2 is 2.00 bits per heavy atom. The second-order valence-corrected chi connectivity index (χ2v) is 7.69. The van der Waals surface area contributed by atoms with Gasteiger partial charge >= 0.3 is 6.18 Å². The van der Waals surface area contributed by atoms with Crippen LogP contribution in [-0.2, 0) is 13.2 Å². The van der Waals surface area contributed by atoms with Crippen molar-refractivity contribution >= 4 is 11.0 Å². The summed E-state index contributed by atoms with van der Waals surface area (Å²) in [5.74, 6) is -0.205. The fourth-order valence-electron chi connectivity index (χ4n) is 3.80. The lowest BCUT2D eigenvalue weighted by atomic mass is 10.1. The van der Waals surface area contributed by atoms with E-state index in [1.54, 1.807) is 17.7 Å². The summed E-state index contributed by atoms with van der Waals surface area (Å²) < 4.78 is 48.5. The van der Waals surface area contributed by atoms with Crippen LogP contribution >= 0.6 is 0 Å². The predicted octanol–water partition coefficient (Wildman–Crippen LogP) is 3.20. The van der Waals surface area contributed by atoms with Crippen LogP contribution in [-0.4, -0.2) is 58.8 Å². The maximum atomic E-state index is 13.8. The Morgan fingerprint density at radius 1 is 1.22 bits per heavy atom. The Hall–Kier alpha value is -3.16. The van der Waals surface area contributed by atoms with E-state index in [4.69, 9.17) is 4.74 Å². The minimum atomic E-state index is -4.58. The molecule has 1 fully saturated rings. The fraction of sp³-hybridized carbons (Fsp3) is 0.409. The number of pyridine rings is 1. The van der Waals surface area contributed by atoms with E-state index >= 15 is 0 Å². The third-order valence-corrected chi connectivity index (χ3v) is 5.49. The molecule has 168 valence electrons. The lowest BCUT2D eigenvalue weighted by molar-refractivity contribution is -0.138. The topological polar surface area (TPSA) is 79.0 Å². The monoisotopic (exact) mass is 444 g/mol. The first-order valence-electron chi connectivity index (χ1n) is 10.4. The van der Waals surface area contributed by atoms with Gasteiger partial charge in [0.25, 0.3) is 0 Å². The van der Waals surface area contributed by atoms with Crippen molar-refractivity contribution in [2.75, 3.05) is 39.3 Å². The number of fused-ring (bicyclic) bond motifs is 1. The molecule has 1 aliphatic heterocycles. The number of aryl methyl sites for hydroxylation is 1. The smallest absolute Gasteiger partial charge is 0.419 e. The highest BCUT2D eigenvalue weighted by atomic mass is 19.4. The standard InChI is InChI=1S/C22H23F3N6O/c1-30-14-28-21-18(13-26)29-17(12-19(21)30)15-3-4-20(16(11-15)22(23,24)25)32-10-2-7-31-8-5-27-6-9-31/h3-4,11-12,14,27H,2,5-10H2,1H3. The summed E-state index contributed by atoms with van der Waals surface area (Å²) in [6.07, 6.45) is -2.41. The van der Waals surface area contributed by atoms with Crippen molar-refractivity contribution in [2.45, 2.75) is 12.6 Å². The predicted molar refractivity (Wildman–Crippen MR) is 113 cm³/mol. The number of halogens is 3. The van der Waals surface area contributed by atoms with Crippen LogP contribution < -0.4 is 10.1 Å². The molecule has 1 aliphatic rings. The molecule has 0 amide bonds. The molecule has 0 unspecified atom stereocenters. The van der Waals surface area contributed by atoms with Crippen molar-refractivity contribution in [3.05, 3.63) is 41.9 Å². The van der Waals surface area contributed by atoms with E-state index < -0.39 is 11.7 Å². The normalized spacial score (nSPS) is 15.1. The van der Waals surface area contributed by atoms with Gasteiger partial charge < -0.3 is 19.5 Å². The number of nitrogens with one attached hydrogen (secondary N) is 1. The van der Waals surface area contributed by atoms with Crippen molar-refractivity contribution in [2.24, 2.45) is 7.05 Å². The van der Waals surface area contributed by atoms with Gasteiger partial charge in [0.15, 0.2) is 5.69 Å². The summed E-state index contributed by atoms with van der Waals surface area (Å²) in [5, 5.41) is 12.7. The largest absolute Gasteiger partial charge is 0.493 e. The number of hydrogen-bond donors (Lipinski definition) is 1. The number of alkyl halides is 3. The second kappa shape index (κ2) is 9.14. The Kier molecular flexibility index (Phi) is 6.30. The van der Waals surface area contributed by atoms with E-state index in [2.05, 4.69) is 20.2 Å². The third kappa shape index (κ3) is 4.69. The van der Waals surface area contributed by atoms with Gasteiger partial charge in [-0.3, -0.25) is 0 Å². The molecule has 1 aromatic carbocycles. The number of hydrogen-bond acceptors (Lipinski definition) is 6. The molecule has 1 saturated heterocycles. The van der Waals surface area contributed by atoms with E-state index in [-0.39, 0.29) is 29.3 Å². The van der Waals surface area contributed by atoms with E-state index in [9.17, 15) is 18.4 Å². The van der Waals surface area contributed by atoms with Gasteiger partial charge in [-0.2, -0.15) is 18.4 Å². The Balaban J connectivity index is 1.57. The fourth-order valence-corrected chi connectivity index (χ4v) is 3.80. The Morgan fingerprint density at radius 3 is 2.72 bits per heavy atom. The van der Waals surface area contributed by atoms with Crippen LogP contribution in [0.3, 0.4) is 0 Å². The van der Waals surface area contributed by atoms with E-state index in [0.29, 0.717) is 17.5 Å². The molecule has 0 aliphatic carbocycles. The maximum absolute atomic E-state index is 13.8. The van der Waals surface area contributed by atoms with Crippen LogP contribution in [0.2, 0.25) is 0 Å². The van der Waals surface area contributed by atoms with E-state index in [1.807, 2.05) is 6.07 Å². The quantitative estimate of drug-likeness (QED) is 0.589. The minimum Gasteiger partial charge on any atom is -0.493 e. The lowest BCUT2D eigenvalue weighted by Crippen LogP contribution is -2.44. The van der Waals surface area contributed by atoms with Gasteiger partial charge in [-0.25, -0.2) is 9.97 Å². The molecule has 0 atom stereocenters. The average molecular weight is 444 g/mol. The molecule has 3 heterocycles. The van der Waals surface area contributed by atoms with Gasteiger partial charge in [-0.05, 0) is 30.7 Å². The first kappa shape index (κ1) is 22.0. The van der Waals surface area contributed by atoms with Crippen molar-refractivity contribution in [3.63, 3.8) is 0 Å². The number of nitrogens with zero attached hydrogens (tertiary/aromatic N) is 5. The van der Waals surface area contributed by atoms with Crippen LogP contribution in [0, 0.1) is 11.3 Å². The van der Waals surface area contributed by atoms with Crippen LogP contribution in [0.15, 0.2) is 30.6 Å². The molecule has 2 aromatic heterocycles. The summed E-state index contributed by atoms with van der Waals surface area (Å²) in [7, 11) is 1.75. The molecule has 0 radical (unpaired) electrons. The molecule has 7 nitrogen and oxygen atoms in total. The zero-order chi connectivity index (χ0) is 22.7. The zero-order valence-electron chi connectivity index (χ0n) is 17.6. The number of imidazole rings is 1. The highest BCUT2D eigenvalue weighted by Crippen LogP contribution is 2.39. The van der Waals surface area contributed by atoms with Crippen molar-refractivity contribution < 1.29 is 17.9 Å². The van der Waals surface area contributed by atoms with Gasteiger partial charge in [0.05, 0.1) is 29.7 Å². The highest BCUT2D eigenvalue weighted by Gasteiger charge is 2.35. The van der Waals surface area contributed by atoms with Crippen LogP contribution in [0.5, 0.6) is 5.75 Å². The van der Waals surface area contributed by atoms with Gasteiger partial charge in [-0.1, -0.05) is 0 Å². The number of nitriles is 1. The van der Waals surface area contributed by atoms with Gasteiger partial charge in [0.1, 0.15) is 17.3 Å². The first-order valence-corrected chi connectivity index (χ1v) is 10.4. The SMILES string of the molecule is Cn1cnc2c(C#N)nc(-c3ccc(OCCCN4CCNCC4)c(C(F)(F)F)c3)cc21. The first-order chi connectivity index (χ1) is 15.4. The highest BCUT2D eigenvalue weighted by molar-refractivity contribution is 5.84. The van der Waals surface area contributed by atoms with E-state index in [1.165, 1.54) is 18.5 Å². The molecule has 0 saturated carbocycles. The molecule has 10 heteroatoms. The van der Waals surface area contributed by atoms with Crippen LogP contribution in [0.4, 0.5) is 13.2 Å². The zero-order valence-corrected chi connectivity index (χ0v) is 17.6. The van der Waals surface area contributed by atoms with Gasteiger partial charge in [0.2, 0.25) is 0 Å². The maximum Gasteiger partial charge on any atom is 0.419 e. The molecule has 1 N–H and O–H groups in total. The minimum absolute atomic E-state index is 0.0693. The summed E-state index contributed by atoms with van der Waals surface area (Å²) >= 11 is 0. The average Bonchev–Trinajstić information content (AvgIpc) is 3.17. The van der Waals surface area contributed by atoms with Crippen molar-refractivity contribution in [1.29, 1.82) is 5.26 Å². The number of rotatable bonds is 6.